The largest absolute Gasteiger partial charge is 0.492 e. The fraction of sp³-hybridized carbons (Fsp3) is 0.238. The first-order chi connectivity index (χ1) is 12.3. The molecule has 0 spiro atoms. The number of hydrogen-bond donors (Lipinski definition) is 0. The van der Waals surface area contributed by atoms with Crippen LogP contribution in [0.15, 0.2) is 67.3 Å². The first-order valence-corrected chi connectivity index (χ1v) is 8.50. The summed E-state index contributed by atoms with van der Waals surface area (Å²) >= 11 is 0. The van der Waals surface area contributed by atoms with E-state index in [9.17, 15) is 5.26 Å². The molecule has 1 heterocycles. The Balaban J connectivity index is 0.00000243. The van der Waals surface area contributed by atoms with Crippen LogP contribution in [0.2, 0.25) is 0 Å². The van der Waals surface area contributed by atoms with E-state index in [1.165, 1.54) is 5.56 Å². The lowest BCUT2D eigenvalue weighted by Gasteiger charge is -2.10. The number of hydrogen-bond acceptors (Lipinski definition) is 3. The molecule has 0 aliphatic carbocycles. The van der Waals surface area contributed by atoms with Gasteiger partial charge in [0.2, 0.25) is 0 Å². The van der Waals surface area contributed by atoms with Crippen LogP contribution in [0.3, 0.4) is 0 Å². The molecule has 3 rings (SSSR count). The normalized spacial score (nSPS) is 9.96. The van der Waals surface area contributed by atoms with Gasteiger partial charge in [-0.25, -0.2) is 4.98 Å². The van der Waals surface area contributed by atoms with Crippen LogP contribution in [0, 0.1) is 11.3 Å². The third-order valence-corrected chi connectivity index (χ3v) is 4.05. The highest BCUT2D eigenvalue weighted by Gasteiger charge is 2.06. The molecular formula is C21H22ClN3O. The maximum absolute atomic E-state index is 9.27. The number of nitrogens with zero attached hydrogens (tertiary/aromatic N) is 3. The van der Waals surface area contributed by atoms with Gasteiger partial charge in [0.1, 0.15) is 11.8 Å². The summed E-state index contributed by atoms with van der Waals surface area (Å²) in [5, 5.41) is 9.27. The number of nitriles is 1. The summed E-state index contributed by atoms with van der Waals surface area (Å²) in [5.74, 6) is 0.667. The predicted molar refractivity (Wildman–Crippen MR) is 105 cm³/mol. The molecule has 0 aliphatic heterocycles. The standard InChI is InChI=1S/C21H21N3O.ClH/c22-15-20-10-9-19(16-24-12-11-23-17-24)14-21(20)25-13-5-4-8-18-6-2-1-3-7-18;/h1-3,6-7,9-12,14,17H,4-5,8,13,16H2;1H. The van der Waals surface area contributed by atoms with Crippen molar-refractivity contribution in [3.63, 3.8) is 0 Å². The molecule has 0 aliphatic rings. The average Bonchev–Trinajstić information content (AvgIpc) is 3.15. The van der Waals surface area contributed by atoms with Gasteiger partial charge in [0.25, 0.3) is 0 Å². The molecule has 1 aromatic heterocycles. The maximum atomic E-state index is 9.27. The van der Waals surface area contributed by atoms with Crippen LogP contribution in [0.4, 0.5) is 0 Å². The first kappa shape index (κ1) is 19.6. The Morgan fingerprint density at radius 1 is 1.04 bits per heavy atom. The van der Waals surface area contributed by atoms with Crippen LogP contribution in [0.5, 0.6) is 5.75 Å². The molecule has 0 N–H and O–H groups in total. The van der Waals surface area contributed by atoms with Crippen molar-refractivity contribution in [2.45, 2.75) is 25.8 Å². The van der Waals surface area contributed by atoms with Crippen molar-refractivity contribution >= 4 is 12.4 Å². The van der Waals surface area contributed by atoms with Gasteiger partial charge in [0, 0.05) is 18.9 Å². The van der Waals surface area contributed by atoms with E-state index < -0.39 is 0 Å². The van der Waals surface area contributed by atoms with Crippen LogP contribution in [-0.4, -0.2) is 16.2 Å². The molecule has 0 bridgehead atoms. The summed E-state index contributed by atoms with van der Waals surface area (Å²) in [6.45, 7) is 1.34. The molecule has 0 fully saturated rings. The first-order valence-electron chi connectivity index (χ1n) is 8.50. The van der Waals surface area contributed by atoms with E-state index in [1.807, 2.05) is 35.0 Å². The van der Waals surface area contributed by atoms with Crippen molar-refractivity contribution in [2.75, 3.05) is 6.61 Å². The second-order valence-corrected chi connectivity index (χ2v) is 5.97. The number of rotatable bonds is 8. The van der Waals surface area contributed by atoms with Gasteiger partial charge in [-0.15, -0.1) is 12.4 Å². The van der Waals surface area contributed by atoms with Crippen LogP contribution >= 0.6 is 12.4 Å². The third kappa shape index (κ3) is 5.65. The molecule has 0 radical (unpaired) electrons. The molecule has 2 aromatic carbocycles. The van der Waals surface area contributed by atoms with Crippen molar-refractivity contribution in [1.82, 2.24) is 9.55 Å². The fourth-order valence-corrected chi connectivity index (χ4v) is 2.73. The van der Waals surface area contributed by atoms with E-state index in [0.717, 1.165) is 31.4 Å². The topological polar surface area (TPSA) is 50.8 Å². The van der Waals surface area contributed by atoms with Crippen molar-refractivity contribution in [3.8, 4) is 11.8 Å². The van der Waals surface area contributed by atoms with Gasteiger partial charge in [0.15, 0.2) is 0 Å². The van der Waals surface area contributed by atoms with E-state index in [2.05, 4.69) is 35.3 Å². The highest BCUT2D eigenvalue weighted by molar-refractivity contribution is 5.85. The average molecular weight is 368 g/mol. The molecule has 0 amide bonds. The number of unbranched alkanes of at least 4 members (excludes halogenated alkanes) is 1. The van der Waals surface area contributed by atoms with Gasteiger partial charge in [-0.2, -0.15) is 5.26 Å². The third-order valence-electron chi connectivity index (χ3n) is 4.05. The van der Waals surface area contributed by atoms with Gasteiger partial charge in [-0.3, -0.25) is 0 Å². The Bertz CT molecular complexity index is 826. The van der Waals surface area contributed by atoms with Crippen molar-refractivity contribution < 1.29 is 4.74 Å². The molecular weight excluding hydrogens is 346 g/mol. The van der Waals surface area contributed by atoms with E-state index in [1.54, 1.807) is 12.5 Å². The molecule has 134 valence electrons. The fourth-order valence-electron chi connectivity index (χ4n) is 2.73. The zero-order valence-electron chi connectivity index (χ0n) is 14.5. The minimum Gasteiger partial charge on any atom is -0.492 e. The highest BCUT2D eigenvalue weighted by atomic mass is 35.5. The van der Waals surface area contributed by atoms with Crippen LogP contribution in [0.1, 0.15) is 29.5 Å². The minimum atomic E-state index is 0. The van der Waals surface area contributed by atoms with E-state index >= 15 is 0 Å². The minimum absolute atomic E-state index is 0. The summed E-state index contributed by atoms with van der Waals surface area (Å²) in [6.07, 6.45) is 8.54. The Labute approximate surface area is 160 Å². The lowest BCUT2D eigenvalue weighted by molar-refractivity contribution is 0.306. The number of benzene rings is 2. The SMILES string of the molecule is Cl.N#Cc1ccc(Cn2ccnc2)cc1OCCCCc1ccccc1. The van der Waals surface area contributed by atoms with Gasteiger partial charge in [0.05, 0.1) is 18.5 Å². The van der Waals surface area contributed by atoms with E-state index in [-0.39, 0.29) is 12.4 Å². The van der Waals surface area contributed by atoms with Crippen LogP contribution < -0.4 is 4.74 Å². The predicted octanol–water partition coefficient (Wildman–Crippen LogP) is 4.63. The van der Waals surface area contributed by atoms with E-state index in [0.29, 0.717) is 17.9 Å². The Morgan fingerprint density at radius 2 is 1.88 bits per heavy atom. The molecule has 5 heteroatoms. The lowest BCUT2D eigenvalue weighted by Crippen LogP contribution is -2.02. The van der Waals surface area contributed by atoms with Crippen molar-refractivity contribution in [1.29, 1.82) is 5.26 Å². The van der Waals surface area contributed by atoms with Gasteiger partial charge >= 0.3 is 0 Å². The lowest BCUT2D eigenvalue weighted by atomic mass is 10.1. The quantitative estimate of drug-likeness (QED) is 0.545. The Kier molecular flexibility index (Phi) is 7.73. The summed E-state index contributed by atoms with van der Waals surface area (Å²) in [4.78, 5) is 4.05. The van der Waals surface area contributed by atoms with Gasteiger partial charge in [-0.1, -0.05) is 36.4 Å². The van der Waals surface area contributed by atoms with Crippen LogP contribution in [-0.2, 0) is 13.0 Å². The molecule has 0 unspecified atom stereocenters. The molecule has 0 atom stereocenters. The maximum Gasteiger partial charge on any atom is 0.137 e. The molecule has 26 heavy (non-hydrogen) atoms. The number of ether oxygens (including phenoxy) is 1. The zero-order valence-corrected chi connectivity index (χ0v) is 15.4. The number of aryl methyl sites for hydroxylation is 1. The van der Waals surface area contributed by atoms with Gasteiger partial charge in [-0.05, 0) is 42.5 Å². The second-order valence-electron chi connectivity index (χ2n) is 5.97. The second kappa shape index (κ2) is 10.3. The Morgan fingerprint density at radius 3 is 2.62 bits per heavy atom. The number of aromatic nitrogens is 2. The van der Waals surface area contributed by atoms with Crippen molar-refractivity contribution in [2.24, 2.45) is 0 Å². The number of imidazole rings is 1. The summed E-state index contributed by atoms with van der Waals surface area (Å²) in [7, 11) is 0. The number of halogens is 1. The van der Waals surface area contributed by atoms with Crippen molar-refractivity contribution in [3.05, 3.63) is 83.9 Å². The molecule has 4 nitrogen and oxygen atoms in total. The molecule has 0 saturated heterocycles. The van der Waals surface area contributed by atoms with Crippen LogP contribution in [0.25, 0.3) is 0 Å². The summed E-state index contributed by atoms with van der Waals surface area (Å²) < 4.78 is 7.87. The van der Waals surface area contributed by atoms with E-state index in [4.69, 9.17) is 4.74 Å². The van der Waals surface area contributed by atoms with Gasteiger partial charge < -0.3 is 9.30 Å². The molecule has 3 aromatic rings. The Hall–Kier alpha value is -2.77. The molecule has 0 saturated carbocycles. The summed E-state index contributed by atoms with van der Waals surface area (Å²) in [5.41, 5.74) is 3.02. The summed E-state index contributed by atoms with van der Waals surface area (Å²) in [6, 6.07) is 18.4. The highest BCUT2D eigenvalue weighted by Crippen LogP contribution is 2.21. The monoisotopic (exact) mass is 367 g/mol. The zero-order chi connectivity index (χ0) is 17.3. The smallest absolute Gasteiger partial charge is 0.137 e.